The lowest BCUT2D eigenvalue weighted by molar-refractivity contribution is -0.131. The van der Waals surface area contributed by atoms with Gasteiger partial charge in [0, 0.05) is 30.3 Å². The second-order valence-corrected chi connectivity index (χ2v) is 7.52. The van der Waals surface area contributed by atoms with Gasteiger partial charge in [-0.2, -0.15) is 0 Å². The molecule has 1 amide bonds. The lowest BCUT2D eigenvalue weighted by atomic mass is 9.93. The van der Waals surface area contributed by atoms with E-state index in [1.54, 1.807) is 7.11 Å². The van der Waals surface area contributed by atoms with Crippen LogP contribution < -0.4 is 4.74 Å². The van der Waals surface area contributed by atoms with E-state index < -0.39 is 0 Å². The molecule has 1 atom stereocenters. The fraction of sp³-hybridized carbons (Fsp3) is 0.280. The largest absolute Gasteiger partial charge is 0.497 e. The van der Waals surface area contributed by atoms with Crippen molar-refractivity contribution in [2.24, 2.45) is 0 Å². The number of likely N-dealkylation sites (tertiary alicyclic amines) is 1. The van der Waals surface area contributed by atoms with Gasteiger partial charge in [0.1, 0.15) is 5.75 Å². The number of hydrogen-bond acceptors (Lipinski definition) is 3. The van der Waals surface area contributed by atoms with E-state index in [2.05, 4.69) is 12.1 Å². The molecule has 3 aromatic rings. The van der Waals surface area contributed by atoms with Gasteiger partial charge in [0.2, 0.25) is 5.91 Å². The number of carbonyl (C=O) groups excluding carboxylic acids is 1. The van der Waals surface area contributed by atoms with Gasteiger partial charge >= 0.3 is 0 Å². The van der Waals surface area contributed by atoms with Gasteiger partial charge in [0.05, 0.1) is 19.2 Å². The molecule has 0 saturated carbocycles. The van der Waals surface area contributed by atoms with Gasteiger partial charge in [-0.05, 0) is 54.8 Å². The van der Waals surface area contributed by atoms with Gasteiger partial charge in [-0.15, -0.1) is 0 Å². The van der Waals surface area contributed by atoms with Crippen molar-refractivity contribution in [2.75, 3.05) is 20.2 Å². The lowest BCUT2D eigenvalue weighted by Gasteiger charge is -2.32. The Hall–Kier alpha value is -3.14. The highest BCUT2D eigenvalue weighted by Gasteiger charge is 2.25. The Morgan fingerprint density at radius 2 is 1.83 bits per heavy atom. The number of aromatic nitrogens is 1. The molecule has 29 heavy (non-hydrogen) atoms. The van der Waals surface area contributed by atoms with Gasteiger partial charge < -0.3 is 9.64 Å². The van der Waals surface area contributed by atoms with Crippen molar-refractivity contribution >= 4 is 5.91 Å². The first-order valence-electron chi connectivity index (χ1n) is 10.2. The molecule has 1 fully saturated rings. The minimum absolute atomic E-state index is 0.201. The first-order chi connectivity index (χ1) is 14.2. The van der Waals surface area contributed by atoms with Gasteiger partial charge in [-0.1, -0.05) is 36.4 Å². The molecular weight excluding hydrogens is 360 g/mol. The van der Waals surface area contributed by atoms with Gasteiger partial charge in [0.15, 0.2) is 0 Å². The second kappa shape index (κ2) is 8.91. The van der Waals surface area contributed by atoms with Gasteiger partial charge in [0.25, 0.3) is 0 Å². The predicted molar refractivity (Wildman–Crippen MR) is 115 cm³/mol. The van der Waals surface area contributed by atoms with E-state index >= 15 is 0 Å². The topological polar surface area (TPSA) is 42.4 Å². The normalized spacial score (nSPS) is 16.4. The molecular formula is C25H26N2O2. The Morgan fingerprint density at radius 1 is 1.03 bits per heavy atom. The molecule has 2 aromatic carbocycles. The van der Waals surface area contributed by atoms with E-state index in [4.69, 9.17) is 9.72 Å². The molecule has 1 aromatic heterocycles. The zero-order valence-corrected chi connectivity index (χ0v) is 16.8. The van der Waals surface area contributed by atoms with Crippen LogP contribution in [0.3, 0.4) is 0 Å². The number of rotatable bonds is 5. The summed E-state index contributed by atoms with van der Waals surface area (Å²) in [5, 5.41) is 0. The third kappa shape index (κ3) is 4.65. The standard InChI is InChI=1S/C25H26N2O2/c1-29-22-14-12-20(13-15-22)23-10-5-11-24(26-23)21-9-6-16-27(18-21)25(28)17-19-7-3-2-4-8-19/h2-5,7-8,10-15,21H,6,9,16-18H2,1H3/t21-/m0/s1. The van der Waals surface area contributed by atoms with E-state index in [9.17, 15) is 4.79 Å². The molecule has 4 nitrogen and oxygen atoms in total. The number of benzene rings is 2. The highest BCUT2D eigenvalue weighted by atomic mass is 16.5. The molecule has 0 bridgehead atoms. The summed E-state index contributed by atoms with van der Waals surface area (Å²) in [7, 11) is 1.67. The Balaban J connectivity index is 1.47. The number of ether oxygens (including phenoxy) is 1. The van der Waals surface area contributed by atoms with Crippen molar-refractivity contribution in [3.8, 4) is 17.0 Å². The second-order valence-electron chi connectivity index (χ2n) is 7.52. The molecule has 4 rings (SSSR count). The summed E-state index contributed by atoms with van der Waals surface area (Å²) >= 11 is 0. The highest BCUT2D eigenvalue weighted by Crippen LogP contribution is 2.28. The molecule has 0 aliphatic carbocycles. The van der Waals surface area contributed by atoms with Crippen LogP contribution >= 0.6 is 0 Å². The maximum atomic E-state index is 12.8. The third-order valence-corrected chi connectivity index (χ3v) is 5.55. The molecule has 0 unspecified atom stereocenters. The van der Waals surface area contributed by atoms with E-state index in [0.29, 0.717) is 6.42 Å². The van der Waals surface area contributed by atoms with Crippen molar-refractivity contribution in [1.29, 1.82) is 0 Å². The molecule has 4 heteroatoms. The van der Waals surface area contributed by atoms with Crippen LogP contribution in [0, 0.1) is 0 Å². The van der Waals surface area contributed by atoms with Gasteiger partial charge in [-0.25, -0.2) is 0 Å². The van der Waals surface area contributed by atoms with Crippen LogP contribution in [-0.2, 0) is 11.2 Å². The number of amides is 1. The van der Waals surface area contributed by atoms with Crippen LogP contribution in [0.15, 0.2) is 72.8 Å². The third-order valence-electron chi connectivity index (χ3n) is 5.55. The minimum atomic E-state index is 0.201. The average Bonchev–Trinajstić information content (AvgIpc) is 2.80. The zero-order chi connectivity index (χ0) is 20.1. The van der Waals surface area contributed by atoms with E-state index in [1.807, 2.05) is 65.6 Å². The van der Waals surface area contributed by atoms with Crippen molar-refractivity contribution in [1.82, 2.24) is 9.88 Å². The van der Waals surface area contributed by atoms with Crippen molar-refractivity contribution in [3.63, 3.8) is 0 Å². The molecule has 148 valence electrons. The van der Waals surface area contributed by atoms with Crippen LogP contribution in [0.5, 0.6) is 5.75 Å². The van der Waals surface area contributed by atoms with Crippen LogP contribution in [0.2, 0.25) is 0 Å². The smallest absolute Gasteiger partial charge is 0.227 e. The molecule has 1 aliphatic heterocycles. The quantitative estimate of drug-likeness (QED) is 0.638. The summed E-state index contributed by atoms with van der Waals surface area (Å²) in [5.74, 6) is 1.32. The molecule has 2 heterocycles. The number of methoxy groups -OCH3 is 1. The summed E-state index contributed by atoms with van der Waals surface area (Å²) in [6, 6.07) is 24.1. The lowest BCUT2D eigenvalue weighted by Crippen LogP contribution is -2.40. The maximum Gasteiger partial charge on any atom is 0.227 e. The number of pyridine rings is 1. The van der Waals surface area contributed by atoms with Crippen molar-refractivity contribution in [2.45, 2.75) is 25.2 Å². The maximum absolute atomic E-state index is 12.8. The first kappa shape index (κ1) is 19.2. The average molecular weight is 386 g/mol. The molecule has 0 radical (unpaired) electrons. The molecule has 1 aliphatic rings. The monoisotopic (exact) mass is 386 g/mol. The van der Waals surface area contributed by atoms with Crippen LogP contribution in [-0.4, -0.2) is 36.0 Å². The van der Waals surface area contributed by atoms with E-state index in [0.717, 1.165) is 54.2 Å². The Bertz CT molecular complexity index is 954. The summed E-state index contributed by atoms with van der Waals surface area (Å²) in [4.78, 5) is 19.7. The Morgan fingerprint density at radius 3 is 2.59 bits per heavy atom. The summed E-state index contributed by atoms with van der Waals surface area (Å²) in [6.07, 6.45) is 2.54. The first-order valence-corrected chi connectivity index (χ1v) is 10.2. The van der Waals surface area contributed by atoms with Crippen molar-refractivity contribution in [3.05, 3.63) is 84.1 Å². The summed E-state index contributed by atoms with van der Waals surface area (Å²) in [5.41, 5.74) is 4.16. The number of hydrogen-bond donors (Lipinski definition) is 0. The molecule has 0 N–H and O–H groups in total. The van der Waals surface area contributed by atoms with Gasteiger partial charge in [-0.3, -0.25) is 9.78 Å². The van der Waals surface area contributed by atoms with E-state index in [1.165, 1.54) is 0 Å². The fourth-order valence-electron chi connectivity index (χ4n) is 3.93. The minimum Gasteiger partial charge on any atom is -0.497 e. The summed E-state index contributed by atoms with van der Waals surface area (Å²) < 4.78 is 5.24. The Kier molecular flexibility index (Phi) is 5.89. The Labute approximate surface area is 172 Å². The number of piperidine rings is 1. The zero-order valence-electron chi connectivity index (χ0n) is 16.8. The molecule has 0 spiro atoms. The molecule has 1 saturated heterocycles. The predicted octanol–water partition coefficient (Wildman–Crippen LogP) is 4.71. The summed E-state index contributed by atoms with van der Waals surface area (Å²) in [6.45, 7) is 1.57. The van der Waals surface area contributed by atoms with Crippen molar-refractivity contribution < 1.29 is 9.53 Å². The SMILES string of the molecule is COc1ccc(-c2cccc([C@H]3CCCN(C(=O)Cc4ccccc4)C3)n2)cc1. The number of nitrogens with zero attached hydrogens (tertiary/aromatic N) is 2. The van der Waals surface area contributed by atoms with E-state index in [-0.39, 0.29) is 11.8 Å². The van der Waals surface area contributed by atoms with Crippen LogP contribution in [0.25, 0.3) is 11.3 Å². The highest BCUT2D eigenvalue weighted by molar-refractivity contribution is 5.79. The fourth-order valence-corrected chi connectivity index (χ4v) is 3.93. The van der Waals surface area contributed by atoms with Crippen LogP contribution in [0.4, 0.5) is 0 Å². The van der Waals surface area contributed by atoms with Crippen LogP contribution in [0.1, 0.15) is 30.0 Å². The number of carbonyl (C=O) groups is 1.